The molecule has 106 valence electrons. The van der Waals surface area contributed by atoms with Crippen LogP contribution in [-0.2, 0) is 6.18 Å². The van der Waals surface area contributed by atoms with E-state index in [0.717, 1.165) is 31.7 Å². The first-order valence-corrected chi connectivity index (χ1v) is 6.39. The van der Waals surface area contributed by atoms with Crippen molar-refractivity contribution in [1.29, 1.82) is 0 Å². The van der Waals surface area contributed by atoms with Gasteiger partial charge in [0.15, 0.2) is 0 Å². The molecular weight excluding hydrogens is 257 g/mol. The molecule has 2 heterocycles. The van der Waals surface area contributed by atoms with Gasteiger partial charge >= 0.3 is 6.18 Å². The minimum absolute atomic E-state index is 0.141. The third kappa shape index (κ3) is 3.34. The maximum Gasteiger partial charge on any atom is 0.433 e. The smallest absolute Gasteiger partial charge is 0.338 e. The van der Waals surface area contributed by atoms with Gasteiger partial charge in [-0.3, -0.25) is 0 Å². The van der Waals surface area contributed by atoms with E-state index in [-0.39, 0.29) is 12.0 Å². The Hall–Kier alpha value is -1.37. The van der Waals surface area contributed by atoms with Crippen LogP contribution in [0.15, 0.2) is 12.3 Å². The fourth-order valence-electron chi connectivity index (χ4n) is 2.40. The Bertz CT molecular complexity index is 420. The summed E-state index contributed by atoms with van der Waals surface area (Å²) >= 11 is 0. The highest BCUT2D eigenvalue weighted by Gasteiger charge is 2.34. The summed E-state index contributed by atoms with van der Waals surface area (Å²) in [5.74, 6) is 0.160. The van der Waals surface area contributed by atoms with Gasteiger partial charge in [0.25, 0.3) is 0 Å². The highest BCUT2D eigenvalue weighted by Crippen LogP contribution is 2.29. The van der Waals surface area contributed by atoms with Crippen LogP contribution in [0.4, 0.5) is 19.1 Å². The van der Waals surface area contributed by atoms with Crippen LogP contribution in [0.2, 0.25) is 0 Å². The van der Waals surface area contributed by atoms with Gasteiger partial charge < -0.3 is 10.6 Å². The molecule has 1 fully saturated rings. The van der Waals surface area contributed by atoms with E-state index in [1.165, 1.54) is 6.20 Å². The van der Waals surface area contributed by atoms with Crippen LogP contribution >= 0.6 is 0 Å². The van der Waals surface area contributed by atoms with Crippen molar-refractivity contribution in [3.8, 4) is 0 Å². The van der Waals surface area contributed by atoms with Gasteiger partial charge in [-0.2, -0.15) is 13.2 Å². The third-order valence-corrected chi connectivity index (χ3v) is 3.32. The zero-order chi connectivity index (χ0) is 13.9. The monoisotopic (exact) mass is 274 g/mol. The molecule has 0 spiro atoms. The van der Waals surface area contributed by atoms with Crippen molar-refractivity contribution < 1.29 is 13.2 Å². The lowest BCUT2D eigenvalue weighted by atomic mass is 10.00. The Labute approximate surface area is 109 Å². The number of anilines is 1. The maximum atomic E-state index is 12.7. The Morgan fingerprint density at radius 2 is 2.16 bits per heavy atom. The lowest BCUT2D eigenvalue weighted by Crippen LogP contribution is -2.42. The van der Waals surface area contributed by atoms with Crippen molar-refractivity contribution in [2.45, 2.75) is 37.9 Å². The highest BCUT2D eigenvalue weighted by molar-refractivity contribution is 5.33. The van der Waals surface area contributed by atoms with E-state index in [4.69, 9.17) is 5.73 Å². The van der Waals surface area contributed by atoms with E-state index in [2.05, 4.69) is 9.97 Å². The molecule has 19 heavy (non-hydrogen) atoms. The molecular formula is C12H17F3N4. The second-order valence-corrected chi connectivity index (χ2v) is 4.66. The van der Waals surface area contributed by atoms with Gasteiger partial charge in [0.1, 0.15) is 5.69 Å². The molecule has 1 aliphatic rings. The van der Waals surface area contributed by atoms with E-state index < -0.39 is 11.9 Å². The van der Waals surface area contributed by atoms with Crippen LogP contribution in [0.5, 0.6) is 0 Å². The van der Waals surface area contributed by atoms with Gasteiger partial charge in [-0.15, -0.1) is 0 Å². The van der Waals surface area contributed by atoms with E-state index in [1.54, 1.807) is 0 Å². The van der Waals surface area contributed by atoms with Gasteiger partial charge in [-0.05, 0) is 38.3 Å². The predicted octanol–water partition coefficient (Wildman–Crippen LogP) is 2.20. The molecule has 0 amide bonds. The summed E-state index contributed by atoms with van der Waals surface area (Å²) in [4.78, 5) is 9.49. The molecule has 1 aliphatic heterocycles. The summed E-state index contributed by atoms with van der Waals surface area (Å²) < 4.78 is 38.0. The molecule has 2 N–H and O–H groups in total. The molecule has 0 radical (unpaired) electrons. The van der Waals surface area contributed by atoms with Crippen molar-refractivity contribution in [3.05, 3.63) is 18.0 Å². The molecule has 4 nitrogen and oxygen atoms in total. The molecule has 0 saturated carbocycles. The highest BCUT2D eigenvalue weighted by atomic mass is 19.4. The first-order valence-electron chi connectivity index (χ1n) is 6.39. The topological polar surface area (TPSA) is 55.0 Å². The Kier molecular flexibility index (Phi) is 4.24. The summed E-state index contributed by atoms with van der Waals surface area (Å²) in [6.45, 7) is 1.20. The minimum atomic E-state index is -4.43. The van der Waals surface area contributed by atoms with E-state index in [1.807, 2.05) is 4.90 Å². The number of hydrogen-bond donors (Lipinski definition) is 1. The van der Waals surface area contributed by atoms with E-state index in [0.29, 0.717) is 13.1 Å². The van der Waals surface area contributed by atoms with Gasteiger partial charge in [0, 0.05) is 18.8 Å². The lowest BCUT2D eigenvalue weighted by Gasteiger charge is -2.35. The molecule has 1 aromatic heterocycles. The van der Waals surface area contributed by atoms with Gasteiger partial charge in [-0.1, -0.05) is 0 Å². The number of aromatic nitrogens is 2. The molecule has 2 rings (SSSR count). The third-order valence-electron chi connectivity index (χ3n) is 3.32. The van der Waals surface area contributed by atoms with Crippen LogP contribution in [0.3, 0.4) is 0 Å². The van der Waals surface area contributed by atoms with Crippen LogP contribution in [0.25, 0.3) is 0 Å². The number of rotatable bonds is 3. The quantitative estimate of drug-likeness (QED) is 0.918. The van der Waals surface area contributed by atoms with Crippen molar-refractivity contribution in [2.75, 3.05) is 18.0 Å². The van der Waals surface area contributed by atoms with Gasteiger partial charge in [0.2, 0.25) is 5.95 Å². The number of alkyl halides is 3. The number of piperidine rings is 1. The lowest BCUT2D eigenvalue weighted by molar-refractivity contribution is -0.141. The van der Waals surface area contributed by atoms with Crippen LogP contribution in [0.1, 0.15) is 31.4 Å². The average molecular weight is 274 g/mol. The summed E-state index contributed by atoms with van der Waals surface area (Å²) in [6.07, 6.45) is 0.424. The Morgan fingerprint density at radius 1 is 1.37 bits per heavy atom. The fraction of sp³-hybridized carbons (Fsp3) is 0.667. The molecule has 7 heteroatoms. The van der Waals surface area contributed by atoms with Crippen molar-refractivity contribution >= 4 is 5.95 Å². The van der Waals surface area contributed by atoms with Gasteiger partial charge in [-0.25, -0.2) is 9.97 Å². The van der Waals surface area contributed by atoms with E-state index >= 15 is 0 Å². The summed E-state index contributed by atoms with van der Waals surface area (Å²) in [7, 11) is 0. The SMILES string of the molecule is NCCC1CCCCN1c1nccc(C(F)(F)F)n1. The average Bonchev–Trinajstić information content (AvgIpc) is 2.39. The van der Waals surface area contributed by atoms with Crippen molar-refractivity contribution in [3.63, 3.8) is 0 Å². The summed E-state index contributed by atoms with van der Waals surface area (Å²) in [6, 6.07) is 1.04. The number of nitrogens with zero attached hydrogens (tertiary/aromatic N) is 3. The molecule has 0 aliphatic carbocycles. The number of hydrogen-bond acceptors (Lipinski definition) is 4. The summed E-state index contributed by atoms with van der Waals surface area (Å²) in [5.41, 5.74) is 4.66. The maximum absolute atomic E-state index is 12.7. The molecule has 0 bridgehead atoms. The second-order valence-electron chi connectivity index (χ2n) is 4.66. The first kappa shape index (κ1) is 14.0. The molecule has 1 unspecified atom stereocenters. The molecule has 1 saturated heterocycles. The Morgan fingerprint density at radius 3 is 2.84 bits per heavy atom. The number of halogens is 3. The van der Waals surface area contributed by atoms with Crippen LogP contribution in [-0.4, -0.2) is 29.1 Å². The van der Waals surface area contributed by atoms with Crippen LogP contribution < -0.4 is 10.6 Å². The normalized spacial score (nSPS) is 20.6. The molecule has 1 aromatic rings. The Balaban J connectivity index is 2.24. The minimum Gasteiger partial charge on any atom is -0.338 e. The van der Waals surface area contributed by atoms with Crippen molar-refractivity contribution in [1.82, 2.24) is 9.97 Å². The van der Waals surface area contributed by atoms with Crippen molar-refractivity contribution in [2.24, 2.45) is 5.73 Å². The second kappa shape index (κ2) is 5.73. The number of nitrogens with two attached hydrogens (primary N) is 1. The predicted molar refractivity (Wildman–Crippen MR) is 65.7 cm³/mol. The zero-order valence-corrected chi connectivity index (χ0v) is 10.5. The zero-order valence-electron chi connectivity index (χ0n) is 10.5. The largest absolute Gasteiger partial charge is 0.433 e. The fourth-order valence-corrected chi connectivity index (χ4v) is 2.40. The van der Waals surface area contributed by atoms with Gasteiger partial charge in [0.05, 0.1) is 0 Å². The standard InChI is InChI=1S/C12H17F3N4/c13-12(14,15)10-5-7-17-11(18-10)19-8-2-1-3-9(19)4-6-16/h5,7,9H,1-4,6,8,16H2. The molecule has 1 atom stereocenters. The van der Waals surface area contributed by atoms with Crippen LogP contribution in [0, 0.1) is 0 Å². The summed E-state index contributed by atoms with van der Waals surface area (Å²) in [5, 5.41) is 0. The molecule has 0 aromatic carbocycles. The van der Waals surface area contributed by atoms with E-state index in [9.17, 15) is 13.2 Å². The first-order chi connectivity index (χ1) is 9.02.